The van der Waals surface area contributed by atoms with Gasteiger partial charge in [0.05, 0.1) is 10.8 Å². The number of nitrogens with two attached hydrogens (primary N) is 1. The first-order valence-electron chi connectivity index (χ1n) is 4.64. The molecule has 1 unspecified atom stereocenters. The molecular weight excluding hydrogens is 236 g/mol. The van der Waals surface area contributed by atoms with Crippen molar-refractivity contribution >= 4 is 9.84 Å². The van der Waals surface area contributed by atoms with Crippen LogP contribution in [0.15, 0.2) is 29.2 Å². The van der Waals surface area contributed by atoms with E-state index in [2.05, 4.69) is 0 Å². The minimum Gasteiger partial charge on any atom is -0.330 e. The molecule has 1 aromatic rings. The van der Waals surface area contributed by atoms with E-state index < -0.39 is 22.2 Å². The Morgan fingerprint density at radius 1 is 1.38 bits per heavy atom. The maximum Gasteiger partial charge on any atom is 0.246 e. The molecule has 0 aromatic heterocycles. The Bertz CT molecular complexity index is 460. The summed E-state index contributed by atoms with van der Waals surface area (Å²) in [6.45, 7) is -0.217. The normalized spacial score (nSPS) is 14.1. The van der Waals surface area contributed by atoms with Gasteiger partial charge in [-0.05, 0) is 17.7 Å². The van der Waals surface area contributed by atoms with E-state index in [1.807, 2.05) is 0 Å². The molecule has 0 saturated carbocycles. The van der Waals surface area contributed by atoms with Crippen LogP contribution in [0.1, 0.15) is 11.5 Å². The van der Waals surface area contributed by atoms with Crippen LogP contribution in [0, 0.1) is 0 Å². The highest BCUT2D eigenvalue weighted by atomic mass is 32.2. The van der Waals surface area contributed by atoms with Crippen molar-refractivity contribution in [3.63, 3.8) is 0 Å². The fourth-order valence-corrected chi connectivity index (χ4v) is 2.04. The highest BCUT2D eigenvalue weighted by molar-refractivity contribution is 7.90. The summed E-state index contributed by atoms with van der Waals surface area (Å²) in [5.74, 6) is -1.12. The van der Waals surface area contributed by atoms with Gasteiger partial charge in [0.15, 0.2) is 9.84 Å². The Balaban J connectivity index is 3.17. The van der Waals surface area contributed by atoms with E-state index in [9.17, 15) is 17.2 Å². The van der Waals surface area contributed by atoms with Gasteiger partial charge < -0.3 is 5.73 Å². The van der Waals surface area contributed by atoms with Gasteiger partial charge >= 0.3 is 0 Å². The summed E-state index contributed by atoms with van der Waals surface area (Å²) in [6.07, 6.45) is -1.56. The molecule has 1 aromatic carbocycles. The number of alkyl halides is 2. The monoisotopic (exact) mass is 249 g/mol. The zero-order valence-corrected chi connectivity index (χ0v) is 9.55. The molecule has 0 aliphatic heterocycles. The number of sulfone groups is 1. The zero-order valence-electron chi connectivity index (χ0n) is 8.73. The first-order chi connectivity index (χ1) is 7.36. The standard InChI is InChI=1S/C10H13F2NO2S/c1-16(14,15)8-4-2-3-7(5-8)9(6-13)10(11)12/h2-5,9-10H,6,13H2,1H3. The van der Waals surface area contributed by atoms with Gasteiger partial charge in [-0.3, -0.25) is 0 Å². The van der Waals surface area contributed by atoms with Crippen molar-refractivity contribution < 1.29 is 17.2 Å². The fourth-order valence-electron chi connectivity index (χ4n) is 1.36. The number of halogens is 2. The Kier molecular flexibility index (Phi) is 3.98. The van der Waals surface area contributed by atoms with Crippen LogP contribution in [-0.4, -0.2) is 27.6 Å². The molecule has 1 rings (SSSR count). The molecule has 0 radical (unpaired) electrons. The molecule has 90 valence electrons. The maximum absolute atomic E-state index is 12.6. The summed E-state index contributed by atoms with van der Waals surface area (Å²) in [4.78, 5) is 0.0316. The molecule has 0 spiro atoms. The van der Waals surface area contributed by atoms with Crippen molar-refractivity contribution in [1.29, 1.82) is 0 Å². The summed E-state index contributed by atoms with van der Waals surface area (Å²) < 4.78 is 47.7. The molecule has 0 fully saturated rings. The van der Waals surface area contributed by atoms with Crippen molar-refractivity contribution in [1.82, 2.24) is 0 Å². The average molecular weight is 249 g/mol. The number of hydrogen-bond donors (Lipinski definition) is 1. The summed E-state index contributed by atoms with van der Waals surface area (Å²) in [7, 11) is -3.38. The predicted octanol–water partition coefficient (Wildman–Crippen LogP) is 1.40. The maximum atomic E-state index is 12.6. The Morgan fingerprint density at radius 2 is 2.00 bits per heavy atom. The number of benzene rings is 1. The van der Waals surface area contributed by atoms with Crippen LogP contribution in [0.3, 0.4) is 0 Å². The van der Waals surface area contributed by atoms with Crippen LogP contribution in [0.25, 0.3) is 0 Å². The van der Waals surface area contributed by atoms with Crippen molar-refractivity contribution in [3.05, 3.63) is 29.8 Å². The van der Waals surface area contributed by atoms with E-state index in [-0.39, 0.29) is 17.0 Å². The quantitative estimate of drug-likeness (QED) is 0.877. The van der Waals surface area contributed by atoms with Crippen LogP contribution >= 0.6 is 0 Å². The van der Waals surface area contributed by atoms with Crippen molar-refractivity contribution in [3.8, 4) is 0 Å². The first-order valence-corrected chi connectivity index (χ1v) is 6.53. The largest absolute Gasteiger partial charge is 0.330 e. The molecule has 3 nitrogen and oxygen atoms in total. The minimum atomic E-state index is -3.38. The molecule has 6 heteroatoms. The van der Waals surface area contributed by atoms with Crippen molar-refractivity contribution in [2.24, 2.45) is 5.73 Å². The second-order valence-corrected chi connectivity index (χ2v) is 5.54. The molecule has 0 heterocycles. The molecular formula is C10H13F2NO2S. The van der Waals surface area contributed by atoms with Crippen LogP contribution in [-0.2, 0) is 9.84 Å². The topological polar surface area (TPSA) is 60.2 Å². The Morgan fingerprint density at radius 3 is 2.44 bits per heavy atom. The minimum absolute atomic E-state index is 0.0316. The Hall–Kier alpha value is -1.01. The third kappa shape index (κ3) is 2.99. The van der Waals surface area contributed by atoms with E-state index in [0.717, 1.165) is 6.26 Å². The average Bonchev–Trinajstić information content (AvgIpc) is 2.17. The molecule has 0 bridgehead atoms. The third-order valence-corrected chi connectivity index (χ3v) is 3.38. The number of rotatable bonds is 4. The molecule has 1 atom stereocenters. The summed E-state index contributed by atoms with van der Waals surface area (Å²) >= 11 is 0. The highest BCUT2D eigenvalue weighted by Crippen LogP contribution is 2.24. The second kappa shape index (κ2) is 4.88. The molecule has 0 aliphatic carbocycles. The van der Waals surface area contributed by atoms with Gasteiger partial charge in [0.25, 0.3) is 0 Å². The molecule has 0 aliphatic rings. The summed E-state index contributed by atoms with van der Waals surface area (Å²) in [6, 6.07) is 5.52. The summed E-state index contributed by atoms with van der Waals surface area (Å²) in [5.41, 5.74) is 5.49. The van der Waals surface area contributed by atoms with E-state index >= 15 is 0 Å². The lowest BCUT2D eigenvalue weighted by Crippen LogP contribution is -2.19. The predicted molar refractivity (Wildman–Crippen MR) is 57.4 cm³/mol. The van der Waals surface area contributed by atoms with Gasteiger partial charge in [-0.1, -0.05) is 12.1 Å². The lowest BCUT2D eigenvalue weighted by molar-refractivity contribution is 0.117. The van der Waals surface area contributed by atoms with Gasteiger partial charge in [-0.2, -0.15) is 0 Å². The lowest BCUT2D eigenvalue weighted by atomic mass is 10.0. The smallest absolute Gasteiger partial charge is 0.246 e. The third-order valence-electron chi connectivity index (χ3n) is 2.27. The first kappa shape index (κ1) is 13.1. The SMILES string of the molecule is CS(=O)(=O)c1cccc(C(CN)C(F)F)c1. The number of hydrogen-bond acceptors (Lipinski definition) is 3. The van der Waals surface area contributed by atoms with Gasteiger partial charge in [-0.25, -0.2) is 17.2 Å². The van der Waals surface area contributed by atoms with E-state index in [0.29, 0.717) is 0 Å². The fraction of sp³-hybridized carbons (Fsp3) is 0.400. The Labute approximate surface area is 93.2 Å². The van der Waals surface area contributed by atoms with Crippen molar-refractivity contribution in [2.75, 3.05) is 12.8 Å². The molecule has 0 saturated heterocycles. The van der Waals surface area contributed by atoms with E-state index in [4.69, 9.17) is 5.73 Å². The van der Waals surface area contributed by atoms with Gasteiger partial charge in [0.1, 0.15) is 0 Å². The highest BCUT2D eigenvalue weighted by Gasteiger charge is 2.21. The molecule has 16 heavy (non-hydrogen) atoms. The van der Waals surface area contributed by atoms with Gasteiger partial charge in [0.2, 0.25) is 6.43 Å². The van der Waals surface area contributed by atoms with Gasteiger partial charge in [0, 0.05) is 12.8 Å². The van der Waals surface area contributed by atoms with Crippen LogP contribution in [0.4, 0.5) is 8.78 Å². The van der Waals surface area contributed by atoms with Crippen LogP contribution in [0.5, 0.6) is 0 Å². The van der Waals surface area contributed by atoms with E-state index in [1.165, 1.54) is 24.3 Å². The molecule has 2 N–H and O–H groups in total. The summed E-state index contributed by atoms with van der Waals surface area (Å²) in [5, 5.41) is 0. The zero-order chi connectivity index (χ0) is 12.3. The van der Waals surface area contributed by atoms with Gasteiger partial charge in [-0.15, -0.1) is 0 Å². The molecule has 0 amide bonds. The lowest BCUT2D eigenvalue weighted by Gasteiger charge is -2.14. The van der Waals surface area contributed by atoms with E-state index in [1.54, 1.807) is 0 Å². The van der Waals surface area contributed by atoms with Crippen LogP contribution < -0.4 is 5.73 Å². The van der Waals surface area contributed by atoms with Crippen LogP contribution in [0.2, 0.25) is 0 Å². The second-order valence-electron chi connectivity index (χ2n) is 3.52. The van der Waals surface area contributed by atoms with Crippen molar-refractivity contribution in [2.45, 2.75) is 17.2 Å².